The minimum Gasteiger partial charge on any atom is -0.428 e. The summed E-state index contributed by atoms with van der Waals surface area (Å²) in [5, 5.41) is 0. The van der Waals surface area contributed by atoms with Gasteiger partial charge in [0.2, 0.25) is 0 Å². The average molecular weight is 288 g/mol. The van der Waals surface area contributed by atoms with Crippen LogP contribution in [0.15, 0.2) is 24.3 Å². The lowest BCUT2D eigenvalue weighted by Crippen LogP contribution is -2.33. The Kier molecular flexibility index (Phi) is 6.42. The average Bonchev–Trinajstić information content (AvgIpc) is 2.27. The van der Waals surface area contributed by atoms with Gasteiger partial charge in [-0.2, -0.15) is 17.6 Å². The quantitative estimate of drug-likeness (QED) is 0.837. The summed E-state index contributed by atoms with van der Waals surface area (Å²) in [6, 6.07) is 5.15. The van der Waals surface area contributed by atoms with Gasteiger partial charge in [-0.15, -0.1) is 12.4 Å². The van der Waals surface area contributed by atoms with Crippen LogP contribution in [-0.4, -0.2) is 12.5 Å². The molecular formula is C11H14ClF4NO. The molecule has 0 aromatic heterocycles. The van der Waals surface area contributed by atoms with E-state index in [9.17, 15) is 17.6 Å². The second-order valence-corrected chi connectivity index (χ2v) is 3.55. The van der Waals surface area contributed by atoms with Crippen molar-refractivity contribution in [1.29, 1.82) is 0 Å². The number of alkyl halides is 4. The van der Waals surface area contributed by atoms with Crippen LogP contribution in [0.5, 0.6) is 5.75 Å². The molecule has 1 rings (SSSR count). The summed E-state index contributed by atoms with van der Waals surface area (Å²) in [5.41, 5.74) is 6.26. The SMILES string of the molecule is CC[C@@H](N)c1cccc(OC(F)(F)C(F)F)c1.Cl. The molecule has 0 aliphatic carbocycles. The predicted molar refractivity (Wildman–Crippen MR) is 62.5 cm³/mol. The number of rotatable bonds is 5. The maximum atomic E-state index is 12.6. The van der Waals surface area contributed by atoms with Gasteiger partial charge in [0, 0.05) is 6.04 Å². The molecule has 18 heavy (non-hydrogen) atoms. The number of hydrogen-bond donors (Lipinski definition) is 1. The summed E-state index contributed by atoms with van der Waals surface area (Å²) in [6.45, 7) is 1.83. The molecule has 0 saturated carbocycles. The van der Waals surface area contributed by atoms with E-state index >= 15 is 0 Å². The fourth-order valence-corrected chi connectivity index (χ4v) is 1.25. The zero-order chi connectivity index (χ0) is 13.1. The summed E-state index contributed by atoms with van der Waals surface area (Å²) in [4.78, 5) is 0. The van der Waals surface area contributed by atoms with Crippen molar-refractivity contribution in [3.05, 3.63) is 29.8 Å². The van der Waals surface area contributed by atoms with E-state index in [0.717, 1.165) is 0 Å². The molecule has 104 valence electrons. The smallest absolute Gasteiger partial charge is 0.428 e. The van der Waals surface area contributed by atoms with Gasteiger partial charge < -0.3 is 10.5 Å². The van der Waals surface area contributed by atoms with E-state index in [1.807, 2.05) is 6.92 Å². The molecule has 2 N–H and O–H groups in total. The van der Waals surface area contributed by atoms with Crippen LogP contribution in [0.25, 0.3) is 0 Å². The van der Waals surface area contributed by atoms with Gasteiger partial charge >= 0.3 is 12.5 Å². The van der Waals surface area contributed by atoms with E-state index in [0.29, 0.717) is 12.0 Å². The van der Waals surface area contributed by atoms with E-state index in [2.05, 4.69) is 4.74 Å². The van der Waals surface area contributed by atoms with Gasteiger partial charge in [0.25, 0.3) is 0 Å². The summed E-state index contributed by atoms with van der Waals surface area (Å²) in [5.74, 6) is -0.322. The molecule has 7 heteroatoms. The van der Waals surface area contributed by atoms with Crippen LogP contribution in [0.4, 0.5) is 17.6 Å². The Bertz CT molecular complexity index is 376. The molecule has 1 aromatic carbocycles. The van der Waals surface area contributed by atoms with Gasteiger partial charge in [-0.05, 0) is 24.1 Å². The third-order valence-corrected chi connectivity index (χ3v) is 2.23. The highest BCUT2D eigenvalue weighted by Crippen LogP contribution is 2.29. The van der Waals surface area contributed by atoms with Crippen LogP contribution in [0.1, 0.15) is 24.9 Å². The Balaban J connectivity index is 0.00000289. The molecule has 0 saturated heterocycles. The fraction of sp³-hybridized carbons (Fsp3) is 0.455. The normalized spacial score (nSPS) is 13.1. The van der Waals surface area contributed by atoms with Crippen LogP contribution in [0, 0.1) is 0 Å². The van der Waals surface area contributed by atoms with Crippen molar-refractivity contribution >= 4 is 12.4 Å². The molecule has 0 heterocycles. The third kappa shape index (κ3) is 4.34. The van der Waals surface area contributed by atoms with Gasteiger partial charge in [-0.3, -0.25) is 0 Å². The standard InChI is InChI=1S/C11H13F4NO.ClH/c1-2-9(16)7-4-3-5-8(6-7)17-11(14,15)10(12)13;/h3-6,9-10H,2,16H2,1H3;1H/t9-;/m1./s1. The van der Waals surface area contributed by atoms with Crippen molar-refractivity contribution in [2.75, 3.05) is 0 Å². The van der Waals surface area contributed by atoms with E-state index in [1.54, 1.807) is 6.07 Å². The van der Waals surface area contributed by atoms with Gasteiger partial charge in [-0.25, -0.2) is 0 Å². The lowest BCUT2D eigenvalue weighted by Gasteiger charge is -2.18. The largest absolute Gasteiger partial charge is 0.461 e. The molecule has 0 aliphatic rings. The van der Waals surface area contributed by atoms with Crippen molar-refractivity contribution in [2.24, 2.45) is 5.73 Å². The van der Waals surface area contributed by atoms with Gasteiger partial charge in [0.1, 0.15) is 5.75 Å². The highest BCUT2D eigenvalue weighted by atomic mass is 35.5. The number of ether oxygens (including phenoxy) is 1. The van der Waals surface area contributed by atoms with E-state index < -0.39 is 12.5 Å². The van der Waals surface area contributed by atoms with Gasteiger partial charge in [0.05, 0.1) is 0 Å². The van der Waals surface area contributed by atoms with E-state index in [4.69, 9.17) is 5.73 Å². The Hall–Kier alpha value is -1.01. The van der Waals surface area contributed by atoms with Crippen molar-refractivity contribution < 1.29 is 22.3 Å². The molecule has 1 aromatic rings. The highest BCUT2D eigenvalue weighted by molar-refractivity contribution is 5.85. The molecular weight excluding hydrogens is 274 g/mol. The summed E-state index contributed by atoms with van der Waals surface area (Å²) >= 11 is 0. The van der Waals surface area contributed by atoms with Crippen molar-refractivity contribution in [2.45, 2.75) is 31.9 Å². The first-order valence-electron chi connectivity index (χ1n) is 5.07. The molecule has 1 atom stereocenters. The van der Waals surface area contributed by atoms with Crippen molar-refractivity contribution in [3.63, 3.8) is 0 Å². The maximum absolute atomic E-state index is 12.6. The predicted octanol–water partition coefficient (Wildman–Crippen LogP) is 3.75. The lowest BCUT2D eigenvalue weighted by molar-refractivity contribution is -0.253. The molecule has 0 spiro atoms. The third-order valence-electron chi connectivity index (χ3n) is 2.23. The number of nitrogens with two attached hydrogens (primary N) is 1. The first-order valence-corrected chi connectivity index (χ1v) is 5.07. The highest BCUT2D eigenvalue weighted by Gasteiger charge is 2.43. The minimum absolute atomic E-state index is 0. The van der Waals surface area contributed by atoms with Crippen LogP contribution < -0.4 is 10.5 Å². The fourth-order valence-electron chi connectivity index (χ4n) is 1.25. The molecule has 0 amide bonds. The van der Waals surface area contributed by atoms with Crippen LogP contribution in [0.3, 0.4) is 0 Å². The monoisotopic (exact) mass is 287 g/mol. The second-order valence-electron chi connectivity index (χ2n) is 3.55. The summed E-state index contributed by atoms with van der Waals surface area (Å²) < 4.78 is 53.1. The summed E-state index contributed by atoms with van der Waals surface area (Å²) in [6.07, 6.45) is -7.75. The Morgan fingerprint density at radius 1 is 1.33 bits per heavy atom. The Morgan fingerprint density at radius 3 is 2.44 bits per heavy atom. The summed E-state index contributed by atoms with van der Waals surface area (Å²) in [7, 11) is 0. The minimum atomic E-state index is -4.49. The van der Waals surface area contributed by atoms with E-state index in [1.165, 1.54) is 18.2 Å². The van der Waals surface area contributed by atoms with Crippen LogP contribution >= 0.6 is 12.4 Å². The molecule has 0 unspecified atom stereocenters. The number of halogens is 5. The van der Waals surface area contributed by atoms with Crippen molar-refractivity contribution in [1.82, 2.24) is 0 Å². The number of hydrogen-bond acceptors (Lipinski definition) is 2. The zero-order valence-electron chi connectivity index (χ0n) is 9.58. The second kappa shape index (κ2) is 6.80. The van der Waals surface area contributed by atoms with Crippen LogP contribution in [-0.2, 0) is 0 Å². The van der Waals surface area contributed by atoms with Crippen LogP contribution in [0.2, 0.25) is 0 Å². The molecule has 0 fully saturated rings. The first kappa shape index (κ1) is 17.0. The van der Waals surface area contributed by atoms with E-state index in [-0.39, 0.29) is 24.2 Å². The van der Waals surface area contributed by atoms with Crippen molar-refractivity contribution in [3.8, 4) is 5.75 Å². The molecule has 0 radical (unpaired) electrons. The molecule has 0 bridgehead atoms. The lowest BCUT2D eigenvalue weighted by atomic mass is 10.1. The Morgan fingerprint density at radius 2 is 1.94 bits per heavy atom. The Labute approximate surface area is 109 Å². The molecule has 0 aliphatic heterocycles. The topological polar surface area (TPSA) is 35.2 Å². The molecule has 2 nitrogen and oxygen atoms in total. The zero-order valence-corrected chi connectivity index (χ0v) is 10.4. The maximum Gasteiger partial charge on any atom is 0.461 e. The first-order chi connectivity index (χ1) is 7.86. The number of benzene rings is 1. The van der Waals surface area contributed by atoms with Gasteiger partial charge in [0.15, 0.2) is 0 Å². The van der Waals surface area contributed by atoms with Gasteiger partial charge in [-0.1, -0.05) is 19.1 Å².